The van der Waals surface area contributed by atoms with Crippen LogP contribution in [-0.2, 0) is 13.1 Å². The van der Waals surface area contributed by atoms with Gasteiger partial charge < -0.3 is 5.32 Å². The molecule has 1 N–H and O–H groups in total. The highest BCUT2D eigenvalue weighted by molar-refractivity contribution is 9.09. The van der Waals surface area contributed by atoms with Gasteiger partial charge in [-0.3, -0.25) is 4.68 Å². The molecule has 86 valence electrons. The van der Waals surface area contributed by atoms with Gasteiger partial charge in [0.15, 0.2) is 0 Å². The van der Waals surface area contributed by atoms with E-state index in [1.807, 2.05) is 10.9 Å². The van der Waals surface area contributed by atoms with Crippen molar-refractivity contribution >= 4 is 15.9 Å². The minimum absolute atomic E-state index is 0.178. The summed E-state index contributed by atoms with van der Waals surface area (Å²) in [6.07, 6.45) is 5.15. The van der Waals surface area contributed by atoms with Gasteiger partial charge in [-0.15, -0.1) is 0 Å². The molecule has 0 aliphatic carbocycles. The summed E-state index contributed by atoms with van der Waals surface area (Å²) in [5.74, 6) is 0. The van der Waals surface area contributed by atoms with E-state index in [-0.39, 0.29) is 5.54 Å². The van der Waals surface area contributed by atoms with Crippen LogP contribution in [0.2, 0.25) is 0 Å². The Morgan fingerprint density at radius 2 is 2.27 bits per heavy atom. The van der Waals surface area contributed by atoms with E-state index < -0.39 is 0 Å². The van der Waals surface area contributed by atoms with Crippen LogP contribution in [0.15, 0.2) is 12.4 Å². The second-order valence-electron chi connectivity index (χ2n) is 4.38. The molecular weight excluding hydrogens is 254 g/mol. The smallest absolute Gasteiger partial charge is 0.0534 e. The highest BCUT2D eigenvalue weighted by Gasteiger charge is 2.15. The summed E-state index contributed by atoms with van der Waals surface area (Å²) in [6, 6.07) is 0. The SMILES string of the molecule is CCn1cc(CNC(C)(C)CCBr)cn1. The molecule has 0 saturated heterocycles. The number of alkyl halides is 1. The average molecular weight is 274 g/mol. The van der Waals surface area contributed by atoms with Crippen molar-refractivity contribution in [3.63, 3.8) is 0 Å². The number of nitrogens with zero attached hydrogens (tertiary/aromatic N) is 2. The second-order valence-corrected chi connectivity index (χ2v) is 5.17. The van der Waals surface area contributed by atoms with Gasteiger partial charge in [-0.1, -0.05) is 15.9 Å². The van der Waals surface area contributed by atoms with Gasteiger partial charge in [0.2, 0.25) is 0 Å². The van der Waals surface area contributed by atoms with E-state index in [9.17, 15) is 0 Å². The van der Waals surface area contributed by atoms with Gasteiger partial charge in [0.25, 0.3) is 0 Å². The highest BCUT2D eigenvalue weighted by Crippen LogP contribution is 2.11. The van der Waals surface area contributed by atoms with Crippen molar-refractivity contribution in [2.24, 2.45) is 0 Å². The Bertz CT molecular complexity index is 294. The molecule has 0 bridgehead atoms. The van der Waals surface area contributed by atoms with Gasteiger partial charge in [0, 0.05) is 35.7 Å². The molecule has 1 heterocycles. The Morgan fingerprint density at radius 3 is 2.80 bits per heavy atom. The summed E-state index contributed by atoms with van der Waals surface area (Å²) in [5, 5.41) is 8.81. The molecule has 1 aromatic heterocycles. The number of rotatable bonds is 6. The molecule has 1 aromatic rings. The minimum Gasteiger partial charge on any atom is -0.308 e. The summed E-state index contributed by atoms with van der Waals surface area (Å²) in [6.45, 7) is 8.36. The van der Waals surface area contributed by atoms with Crippen molar-refractivity contribution in [3.05, 3.63) is 18.0 Å². The summed E-state index contributed by atoms with van der Waals surface area (Å²) in [4.78, 5) is 0. The molecule has 15 heavy (non-hydrogen) atoms. The number of nitrogens with one attached hydrogen (secondary N) is 1. The molecule has 0 aliphatic heterocycles. The van der Waals surface area contributed by atoms with Gasteiger partial charge in [0.1, 0.15) is 0 Å². The summed E-state index contributed by atoms with van der Waals surface area (Å²) >= 11 is 3.47. The lowest BCUT2D eigenvalue weighted by Gasteiger charge is -2.25. The Balaban J connectivity index is 2.42. The molecular formula is C11H20BrN3. The first-order valence-electron chi connectivity index (χ1n) is 5.40. The van der Waals surface area contributed by atoms with Crippen molar-refractivity contribution in [1.82, 2.24) is 15.1 Å². The Labute approximate surface area is 100 Å². The molecule has 3 nitrogen and oxygen atoms in total. The van der Waals surface area contributed by atoms with Gasteiger partial charge in [-0.25, -0.2) is 0 Å². The standard InChI is InChI=1S/C11H20BrN3/c1-4-15-9-10(8-14-15)7-13-11(2,3)5-6-12/h8-9,13H,4-7H2,1-3H3. The molecule has 0 amide bonds. The topological polar surface area (TPSA) is 29.9 Å². The van der Waals surface area contributed by atoms with E-state index in [2.05, 4.69) is 53.3 Å². The maximum absolute atomic E-state index is 4.25. The average Bonchev–Trinajstić information content (AvgIpc) is 2.62. The third-order valence-corrected chi connectivity index (χ3v) is 2.90. The largest absolute Gasteiger partial charge is 0.308 e. The molecule has 0 spiro atoms. The zero-order valence-electron chi connectivity index (χ0n) is 9.76. The maximum Gasteiger partial charge on any atom is 0.0534 e. The molecule has 0 saturated carbocycles. The monoisotopic (exact) mass is 273 g/mol. The second kappa shape index (κ2) is 5.66. The number of halogens is 1. The molecule has 0 unspecified atom stereocenters. The van der Waals surface area contributed by atoms with Crippen molar-refractivity contribution in [1.29, 1.82) is 0 Å². The molecule has 0 fully saturated rings. The van der Waals surface area contributed by atoms with E-state index in [4.69, 9.17) is 0 Å². The first-order chi connectivity index (χ1) is 7.07. The minimum atomic E-state index is 0.178. The van der Waals surface area contributed by atoms with Gasteiger partial charge in [0.05, 0.1) is 6.20 Å². The van der Waals surface area contributed by atoms with Crippen LogP contribution in [0.4, 0.5) is 0 Å². The fourth-order valence-corrected chi connectivity index (χ4v) is 2.33. The zero-order chi connectivity index (χ0) is 11.3. The van der Waals surface area contributed by atoms with E-state index in [0.29, 0.717) is 0 Å². The fourth-order valence-electron chi connectivity index (χ4n) is 1.34. The molecule has 0 atom stereocenters. The predicted molar refractivity (Wildman–Crippen MR) is 67.2 cm³/mol. The Kier molecular flexibility index (Phi) is 4.80. The van der Waals surface area contributed by atoms with E-state index >= 15 is 0 Å². The van der Waals surface area contributed by atoms with Crippen LogP contribution in [-0.4, -0.2) is 20.6 Å². The van der Waals surface area contributed by atoms with Gasteiger partial charge in [-0.05, 0) is 27.2 Å². The summed E-state index contributed by atoms with van der Waals surface area (Å²) in [5.41, 5.74) is 1.43. The van der Waals surface area contributed by atoms with Crippen LogP contribution >= 0.6 is 15.9 Å². The van der Waals surface area contributed by atoms with Crippen LogP contribution in [0, 0.1) is 0 Å². The molecule has 1 rings (SSSR count). The third kappa shape index (κ3) is 4.34. The van der Waals surface area contributed by atoms with Crippen LogP contribution in [0.3, 0.4) is 0 Å². The Morgan fingerprint density at radius 1 is 1.53 bits per heavy atom. The first-order valence-corrected chi connectivity index (χ1v) is 6.52. The Hall–Kier alpha value is -0.350. The quantitative estimate of drug-likeness (QED) is 0.808. The summed E-state index contributed by atoms with van der Waals surface area (Å²) < 4.78 is 1.95. The molecule has 0 radical (unpaired) electrons. The van der Waals surface area contributed by atoms with Gasteiger partial charge >= 0.3 is 0 Å². The highest BCUT2D eigenvalue weighted by atomic mass is 79.9. The molecule has 0 aromatic carbocycles. The summed E-state index contributed by atoms with van der Waals surface area (Å²) in [7, 11) is 0. The number of hydrogen-bond acceptors (Lipinski definition) is 2. The van der Waals surface area contributed by atoms with Crippen molar-refractivity contribution in [2.45, 2.75) is 45.8 Å². The molecule has 4 heteroatoms. The van der Waals surface area contributed by atoms with E-state index in [1.165, 1.54) is 5.56 Å². The normalized spacial score (nSPS) is 12.0. The third-order valence-electron chi connectivity index (χ3n) is 2.50. The fraction of sp³-hybridized carbons (Fsp3) is 0.727. The van der Waals surface area contributed by atoms with Crippen LogP contribution in [0.25, 0.3) is 0 Å². The van der Waals surface area contributed by atoms with Crippen molar-refractivity contribution < 1.29 is 0 Å². The van der Waals surface area contributed by atoms with Crippen LogP contribution in [0.5, 0.6) is 0 Å². The maximum atomic E-state index is 4.25. The lowest BCUT2D eigenvalue weighted by Crippen LogP contribution is -2.38. The lowest BCUT2D eigenvalue weighted by molar-refractivity contribution is 0.378. The van der Waals surface area contributed by atoms with E-state index in [1.54, 1.807) is 0 Å². The lowest BCUT2D eigenvalue weighted by atomic mass is 10.0. The van der Waals surface area contributed by atoms with E-state index in [0.717, 1.165) is 24.8 Å². The first kappa shape index (κ1) is 12.7. The van der Waals surface area contributed by atoms with Crippen LogP contribution in [0.1, 0.15) is 32.8 Å². The number of aromatic nitrogens is 2. The number of aryl methyl sites for hydroxylation is 1. The van der Waals surface area contributed by atoms with Crippen LogP contribution < -0.4 is 5.32 Å². The molecule has 0 aliphatic rings. The zero-order valence-corrected chi connectivity index (χ0v) is 11.3. The predicted octanol–water partition coefficient (Wildman–Crippen LogP) is 2.56. The van der Waals surface area contributed by atoms with Crippen molar-refractivity contribution in [3.8, 4) is 0 Å². The van der Waals surface area contributed by atoms with Gasteiger partial charge in [-0.2, -0.15) is 5.10 Å². The van der Waals surface area contributed by atoms with Crippen molar-refractivity contribution in [2.75, 3.05) is 5.33 Å². The number of hydrogen-bond donors (Lipinski definition) is 1.